The molecule has 0 fully saturated rings. The lowest BCUT2D eigenvalue weighted by Crippen LogP contribution is -2.36. The minimum absolute atomic E-state index is 0.0538. The minimum Gasteiger partial charge on any atom is -0.493 e. The third-order valence-electron chi connectivity index (χ3n) is 3.40. The van der Waals surface area contributed by atoms with Crippen LogP contribution in [0.3, 0.4) is 0 Å². The van der Waals surface area contributed by atoms with Crippen LogP contribution in [0.15, 0.2) is 41.0 Å². The molecule has 0 unspecified atom stereocenters. The smallest absolute Gasteiger partial charge is 0.325 e. The summed E-state index contributed by atoms with van der Waals surface area (Å²) in [7, 11) is 2.89. The summed E-state index contributed by atoms with van der Waals surface area (Å²) in [6, 6.07) is 7.36. The first-order chi connectivity index (χ1) is 13.4. The Hall–Kier alpha value is -3.82. The van der Waals surface area contributed by atoms with Crippen molar-refractivity contribution in [2.24, 2.45) is 0 Å². The highest BCUT2D eigenvalue weighted by Gasteiger charge is 2.16. The molecule has 0 saturated heterocycles. The van der Waals surface area contributed by atoms with E-state index in [4.69, 9.17) is 18.6 Å². The van der Waals surface area contributed by atoms with Crippen molar-refractivity contribution in [3.63, 3.8) is 0 Å². The molecule has 2 rings (SSSR count). The molecule has 10 heteroatoms. The van der Waals surface area contributed by atoms with Crippen LogP contribution in [0.4, 0.5) is 0 Å². The Labute approximate surface area is 159 Å². The van der Waals surface area contributed by atoms with Crippen molar-refractivity contribution < 1.29 is 37.8 Å². The van der Waals surface area contributed by atoms with Crippen LogP contribution < -0.4 is 20.1 Å². The molecule has 0 aliphatic heterocycles. The molecule has 1 aromatic carbocycles. The van der Waals surface area contributed by atoms with Gasteiger partial charge in [-0.3, -0.25) is 24.5 Å². The lowest BCUT2D eigenvalue weighted by atomic mass is 10.2. The molecule has 28 heavy (non-hydrogen) atoms. The van der Waals surface area contributed by atoms with Gasteiger partial charge in [-0.1, -0.05) is 0 Å². The summed E-state index contributed by atoms with van der Waals surface area (Å²) in [4.78, 5) is 46.9. The van der Waals surface area contributed by atoms with Gasteiger partial charge in [-0.25, -0.2) is 0 Å². The second-order valence-corrected chi connectivity index (χ2v) is 5.27. The number of hydrogen-bond donors (Lipinski definition) is 2. The fraction of sp³-hybridized carbons (Fsp3) is 0.222. The first-order valence-electron chi connectivity index (χ1n) is 7.98. The predicted molar refractivity (Wildman–Crippen MR) is 94.0 cm³/mol. The van der Waals surface area contributed by atoms with Gasteiger partial charge in [0.05, 0.1) is 20.5 Å². The zero-order valence-electron chi connectivity index (χ0n) is 15.1. The number of furan rings is 1. The van der Waals surface area contributed by atoms with E-state index in [0.29, 0.717) is 11.5 Å². The number of benzene rings is 1. The zero-order valence-corrected chi connectivity index (χ0v) is 15.1. The standard InChI is InChI=1S/C18H18N2O8/c1-25-12-6-5-11(8-14(12)26-2)17(23)19-9-16(22)28-10-15(21)20-18(24)13-4-3-7-27-13/h3-8H,9-10H2,1-2H3,(H,19,23)(H,20,21,24). The van der Waals surface area contributed by atoms with E-state index in [2.05, 4.69) is 5.32 Å². The van der Waals surface area contributed by atoms with E-state index >= 15 is 0 Å². The third kappa shape index (κ3) is 5.59. The van der Waals surface area contributed by atoms with Gasteiger partial charge in [0.15, 0.2) is 23.9 Å². The third-order valence-corrected chi connectivity index (χ3v) is 3.40. The van der Waals surface area contributed by atoms with Crippen LogP contribution in [-0.2, 0) is 14.3 Å². The van der Waals surface area contributed by atoms with Crippen LogP contribution in [-0.4, -0.2) is 51.1 Å². The van der Waals surface area contributed by atoms with Gasteiger partial charge < -0.3 is 23.9 Å². The number of carbonyl (C=O) groups is 4. The number of esters is 1. The van der Waals surface area contributed by atoms with Crippen LogP contribution in [0, 0.1) is 0 Å². The van der Waals surface area contributed by atoms with Gasteiger partial charge >= 0.3 is 5.97 Å². The van der Waals surface area contributed by atoms with Crippen LogP contribution in [0.25, 0.3) is 0 Å². The molecule has 10 nitrogen and oxygen atoms in total. The lowest BCUT2D eigenvalue weighted by Gasteiger charge is -2.10. The van der Waals surface area contributed by atoms with Crippen molar-refractivity contribution in [1.82, 2.24) is 10.6 Å². The highest BCUT2D eigenvalue weighted by molar-refractivity contribution is 6.03. The Morgan fingerprint density at radius 1 is 1.00 bits per heavy atom. The average Bonchev–Trinajstić information content (AvgIpc) is 3.24. The van der Waals surface area contributed by atoms with Gasteiger partial charge in [0.1, 0.15) is 6.54 Å². The second kappa shape index (κ2) is 9.76. The molecule has 0 bridgehead atoms. The summed E-state index contributed by atoms with van der Waals surface area (Å²) in [6.45, 7) is -1.15. The first kappa shape index (κ1) is 20.5. The number of amides is 3. The van der Waals surface area contributed by atoms with Gasteiger partial charge in [-0.15, -0.1) is 0 Å². The Kier molecular flexibility index (Phi) is 7.14. The molecule has 3 amide bonds. The quantitative estimate of drug-likeness (QED) is 0.624. The Bertz CT molecular complexity index is 860. The number of rotatable bonds is 8. The van der Waals surface area contributed by atoms with Crippen molar-refractivity contribution in [2.75, 3.05) is 27.4 Å². The molecule has 0 radical (unpaired) electrons. The molecular formula is C18H18N2O8. The van der Waals surface area contributed by atoms with Crippen molar-refractivity contribution in [3.8, 4) is 11.5 Å². The summed E-state index contributed by atoms with van der Waals surface area (Å²) in [5, 5.41) is 4.34. The van der Waals surface area contributed by atoms with Crippen molar-refractivity contribution >= 4 is 23.7 Å². The maximum absolute atomic E-state index is 12.1. The predicted octanol–water partition coefficient (Wildman–Crippen LogP) is 0.526. The fourth-order valence-corrected chi connectivity index (χ4v) is 2.06. The molecule has 0 aliphatic rings. The van der Waals surface area contributed by atoms with Gasteiger partial charge in [0.25, 0.3) is 17.7 Å². The molecule has 1 aromatic heterocycles. The van der Waals surface area contributed by atoms with E-state index in [-0.39, 0.29) is 11.3 Å². The Balaban J connectivity index is 1.76. The summed E-state index contributed by atoms with van der Waals surface area (Å²) in [6.07, 6.45) is 1.28. The van der Waals surface area contributed by atoms with E-state index in [1.165, 1.54) is 44.7 Å². The van der Waals surface area contributed by atoms with Crippen LogP contribution in [0.5, 0.6) is 11.5 Å². The zero-order chi connectivity index (χ0) is 20.5. The summed E-state index contributed by atoms with van der Waals surface area (Å²) < 4.78 is 19.7. The molecular weight excluding hydrogens is 372 g/mol. The summed E-state index contributed by atoms with van der Waals surface area (Å²) >= 11 is 0. The van der Waals surface area contributed by atoms with E-state index in [9.17, 15) is 19.2 Å². The molecule has 1 heterocycles. The van der Waals surface area contributed by atoms with E-state index in [0.717, 1.165) is 0 Å². The van der Waals surface area contributed by atoms with Crippen molar-refractivity contribution in [2.45, 2.75) is 0 Å². The van der Waals surface area contributed by atoms with E-state index in [1.807, 2.05) is 5.32 Å². The van der Waals surface area contributed by atoms with Gasteiger partial charge in [0.2, 0.25) is 0 Å². The number of carbonyl (C=O) groups excluding carboxylic acids is 4. The molecule has 2 aromatic rings. The average molecular weight is 390 g/mol. The molecule has 148 valence electrons. The number of ether oxygens (including phenoxy) is 3. The summed E-state index contributed by atoms with van der Waals surface area (Å²) in [5.41, 5.74) is 0.243. The first-order valence-corrected chi connectivity index (χ1v) is 7.98. The number of hydrogen-bond acceptors (Lipinski definition) is 8. The van der Waals surface area contributed by atoms with E-state index < -0.39 is 36.8 Å². The van der Waals surface area contributed by atoms with Gasteiger partial charge in [-0.2, -0.15) is 0 Å². The second-order valence-electron chi connectivity index (χ2n) is 5.27. The van der Waals surface area contributed by atoms with E-state index in [1.54, 1.807) is 6.07 Å². The van der Waals surface area contributed by atoms with Crippen LogP contribution in [0.1, 0.15) is 20.9 Å². The Morgan fingerprint density at radius 2 is 1.75 bits per heavy atom. The topological polar surface area (TPSA) is 133 Å². The van der Waals surface area contributed by atoms with Crippen molar-refractivity contribution in [3.05, 3.63) is 47.9 Å². The molecule has 0 aliphatic carbocycles. The van der Waals surface area contributed by atoms with Gasteiger partial charge in [0, 0.05) is 5.56 Å². The lowest BCUT2D eigenvalue weighted by molar-refractivity contribution is -0.147. The largest absolute Gasteiger partial charge is 0.493 e. The maximum Gasteiger partial charge on any atom is 0.325 e. The monoisotopic (exact) mass is 390 g/mol. The number of nitrogens with one attached hydrogen (secondary N) is 2. The summed E-state index contributed by atoms with van der Waals surface area (Å²) in [5.74, 6) is -2.23. The molecule has 0 atom stereocenters. The maximum atomic E-state index is 12.1. The van der Waals surface area contributed by atoms with Crippen LogP contribution >= 0.6 is 0 Å². The molecule has 2 N–H and O–H groups in total. The molecule has 0 spiro atoms. The van der Waals surface area contributed by atoms with Gasteiger partial charge in [-0.05, 0) is 30.3 Å². The SMILES string of the molecule is COc1ccc(C(=O)NCC(=O)OCC(=O)NC(=O)c2ccco2)cc1OC. The number of imide groups is 1. The minimum atomic E-state index is -0.852. The van der Waals surface area contributed by atoms with Crippen LogP contribution in [0.2, 0.25) is 0 Å². The molecule has 0 saturated carbocycles. The highest BCUT2D eigenvalue weighted by Crippen LogP contribution is 2.27. The van der Waals surface area contributed by atoms with Crippen molar-refractivity contribution in [1.29, 1.82) is 0 Å². The Morgan fingerprint density at radius 3 is 2.39 bits per heavy atom. The number of methoxy groups -OCH3 is 2. The fourth-order valence-electron chi connectivity index (χ4n) is 2.06. The normalized spacial score (nSPS) is 9.93. The highest BCUT2D eigenvalue weighted by atomic mass is 16.5.